The molecule has 2 saturated heterocycles. The number of alkyl halides is 1. The number of allylic oxidation sites excluding steroid dienone is 2. The first kappa shape index (κ1) is 32.8. The van der Waals surface area contributed by atoms with Crippen molar-refractivity contribution in [2.75, 3.05) is 66.8 Å². The van der Waals surface area contributed by atoms with E-state index < -0.39 is 23.3 Å². The van der Waals surface area contributed by atoms with Crippen LogP contribution >= 0.6 is 0 Å². The number of methoxy groups -OCH3 is 2. The highest BCUT2D eigenvalue weighted by Crippen LogP contribution is 2.45. The topological polar surface area (TPSA) is 116 Å². The molecule has 3 aliphatic rings. The molecule has 11 nitrogen and oxygen atoms in total. The SMILES string of the molecule is COc1nc(OCC2(OCCCN3CCOCC3)C=CC=C(c3ccccc3)C2(C)F)nc(OC)c1CN1CCC[C@H]1C(=O)O. The molecule has 3 heterocycles. The number of hydrogen-bond acceptors (Lipinski definition) is 10. The highest BCUT2D eigenvalue weighted by Gasteiger charge is 2.53. The molecular weight excluding hydrogens is 583 g/mol. The van der Waals surface area contributed by atoms with Gasteiger partial charge in [0.1, 0.15) is 12.6 Å². The lowest BCUT2D eigenvalue weighted by Crippen LogP contribution is -2.56. The van der Waals surface area contributed by atoms with Gasteiger partial charge >= 0.3 is 12.0 Å². The number of carboxylic acid groups (broad SMARTS) is 1. The van der Waals surface area contributed by atoms with E-state index in [0.29, 0.717) is 50.3 Å². The van der Waals surface area contributed by atoms with Crippen molar-refractivity contribution in [3.8, 4) is 17.8 Å². The van der Waals surface area contributed by atoms with Crippen molar-refractivity contribution in [1.82, 2.24) is 19.8 Å². The zero-order chi connectivity index (χ0) is 31.9. The molecule has 5 rings (SSSR count). The Morgan fingerprint density at radius 1 is 1.11 bits per heavy atom. The Hall–Kier alpha value is -3.58. The van der Waals surface area contributed by atoms with Crippen LogP contribution in [0.15, 0.2) is 48.6 Å². The average molecular weight is 627 g/mol. The summed E-state index contributed by atoms with van der Waals surface area (Å²) in [5.41, 5.74) is -1.73. The number of halogens is 1. The third-order valence-electron chi connectivity index (χ3n) is 8.82. The Balaban J connectivity index is 1.38. The van der Waals surface area contributed by atoms with Crippen LogP contribution in [0.1, 0.15) is 37.3 Å². The molecule has 2 unspecified atom stereocenters. The Bertz CT molecular complexity index is 1340. The largest absolute Gasteiger partial charge is 0.481 e. The summed E-state index contributed by atoms with van der Waals surface area (Å²) in [6.07, 6.45) is 7.31. The van der Waals surface area contributed by atoms with Crippen molar-refractivity contribution in [3.05, 3.63) is 59.7 Å². The highest BCUT2D eigenvalue weighted by atomic mass is 19.1. The quantitative estimate of drug-likeness (QED) is 0.309. The van der Waals surface area contributed by atoms with Gasteiger partial charge in [-0.25, -0.2) is 4.39 Å². The van der Waals surface area contributed by atoms with E-state index >= 15 is 4.39 Å². The number of aliphatic carboxylic acids is 1. The van der Waals surface area contributed by atoms with E-state index in [1.54, 1.807) is 18.2 Å². The second-order valence-corrected chi connectivity index (χ2v) is 11.6. The lowest BCUT2D eigenvalue weighted by Gasteiger charge is -2.44. The second-order valence-electron chi connectivity index (χ2n) is 11.6. The molecule has 2 fully saturated rings. The van der Waals surface area contributed by atoms with Crippen LogP contribution < -0.4 is 14.2 Å². The minimum absolute atomic E-state index is 0.0695. The van der Waals surface area contributed by atoms with E-state index in [-0.39, 0.29) is 30.9 Å². The Morgan fingerprint density at radius 2 is 1.82 bits per heavy atom. The molecule has 45 heavy (non-hydrogen) atoms. The Kier molecular flexibility index (Phi) is 10.7. The predicted octanol–water partition coefficient (Wildman–Crippen LogP) is 3.78. The van der Waals surface area contributed by atoms with Crippen LogP contribution in [-0.2, 0) is 20.8 Å². The number of rotatable bonds is 14. The standard InChI is InChI=1S/C33H43FN4O7/c1-32(34)26(24-10-5-4-6-11-24)12-7-14-33(32,45-19-9-15-37-17-20-43-21-18-37)23-44-31-35-28(41-2)25(29(36-31)42-3)22-38-16-8-13-27(38)30(39)40/h4-7,10-12,14,27H,8-9,13,15-23H2,1-3H3,(H,39,40)/t27-,32?,33?/m0/s1. The molecule has 0 amide bonds. The number of morpholine rings is 1. The third-order valence-corrected chi connectivity index (χ3v) is 8.82. The molecule has 3 atom stereocenters. The normalized spacial score (nSPS) is 25.6. The summed E-state index contributed by atoms with van der Waals surface area (Å²) in [4.78, 5) is 24.8. The van der Waals surface area contributed by atoms with Crippen LogP contribution in [0.3, 0.4) is 0 Å². The van der Waals surface area contributed by atoms with Gasteiger partial charge in [-0.05, 0) is 49.9 Å². The maximum atomic E-state index is 17.2. The molecule has 0 radical (unpaired) electrons. The van der Waals surface area contributed by atoms with E-state index in [0.717, 1.165) is 31.6 Å². The number of likely N-dealkylation sites (tertiary alicyclic amines) is 1. The molecule has 1 N–H and O–H groups in total. The summed E-state index contributed by atoms with van der Waals surface area (Å²) in [5, 5.41) is 9.64. The molecule has 12 heteroatoms. The van der Waals surface area contributed by atoms with Gasteiger partial charge in [0.15, 0.2) is 11.3 Å². The summed E-state index contributed by atoms with van der Waals surface area (Å²) in [7, 11) is 2.93. The van der Waals surface area contributed by atoms with Gasteiger partial charge in [-0.1, -0.05) is 42.5 Å². The van der Waals surface area contributed by atoms with Gasteiger partial charge in [-0.2, -0.15) is 9.97 Å². The van der Waals surface area contributed by atoms with Gasteiger partial charge < -0.3 is 28.8 Å². The van der Waals surface area contributed by atoms with Crippen LogP contribution in [0.4, 0.5) is 4.39 Å². The predicted molar refractivity (Wildman–Crippen MR) is 165 cm³/mol. The number of hydrogen-bond donors (Lipinski definition) is 1. The number of benzene rings is 1. The fourth-order valence-electron chi connectivity index (χ4n) is 6.23. The van der Waals surface area contributed by atoms with E-state index in [1.807, 2.05) is 35.2 Å². The van der Waals surface area contributed by atoms with E-state index in [9.17, 15) is 9.90 Å². The lowest BCUT2D eigenvalue weighted by atomic mass is 9.74. The number of carboxylic acids is 1. The van der Waals surface area contributed by atoms with Crippen LogP contribution in [0.5, 0.6) is 17.8 Å². The fourth-order valence-corrected chi connectivity index (χ4v) is 6.23. The van der Waals surface area contributed by atoms with Gasteiger partial charge in [0.05, 0.1) is 33.0 Å². The van der Waals surface area contributed by atoms with Gasteiger partial charge in [0.2, 0.25) is 11.8 Å². The highest BCUT2D eigenvalue weighted by molar-refractivity contribution is 5.77. The smallest absolute Gasteiger partial charge is 0.323 e. The van der Waals surface area contributed by atoms with Crippen molar-refractivity contribution < 1.29 is 38.0 Å². The Morgan fingerprint density at radius 3 is 2.49 bits per heavy atom. The van der Waals surface area contributed by atoms with Gasteiger partial charge in [0.25, 0.3) is 0 Å². The van der Waals surface area contributed by atoms with E-state index in [1.165, 1.54) is 21.1 Å². The molecule has 1 aromatic heterocycles. The fraction of sp³-hybridized carbons (Fsp3) is 0.545. The maximum Gasteiger partial charge on any atom is 0.323 e. The van der Waals surface area contributed by atoms with Crippen LogP contribution in [-0.4, -0.2) is 115 Å². The van der Waals surface area contributed by atoms with Gasteiger partial charge in [-0.15, -0.1) is 0 Å². The van der Waals surface area contributed by atoms with Gasteiger partial charge in [-0.3, -0.25) is 14.6 Å². The van der Waals surface area contributed by atoms with Crippen LogP contribution in [0.2, 0.25) is 0 Å². The molecule has 0 bridgehead atoms. The number of nitrogens with zero attached hydrogens (tertiary/aromatic N) is 4. The van der Waals surface area contributed by atoms with Crippen LogP contribution in [0, 0.1) is 0 Å². The molecule has 2 aromatic rings. The average Bonchev–Trinajstić information content (AvgIpc) is 3.53. The Labute approximate surface area is 263 Å². The molecule has 0 spiro atoms. The minimum atomic E-state index is -1.97. The summed E-state index contributed by atoms with van der Waals surface area (Å²) in [5.74, 6) is -0.485. The third kappa shape index (κ3) is 7.30. The first-order chi connectivity index (χ1) is 21.8. The van der Waals surface area contributed by atoms with Gasteiger partial charge in [0, 0.05) is 32.8 Å². The summed E-state index contributed by atoms with van der Waals surface area (Å²) in [6.45, 7) is 6.40. The minimum Gasteiger partial charge on any atom is -0.481 e. The van der Waals surface area contributed by atoms with Crippen molar-refractivity contribution >= 4 is 11.5 Å². The second kappa shape index (κ2) is 14.7. The monoisotopic (exact) mass is 626 g/mol. The van der Waals surface area contributed by atoms with Crippen molar-refractivity contribution in [2.24, 2.45) is 0 Å². The first-order valence-corrected chi connectivity index (χ1v) is 15.4. The molecule has 244 valence electrons. The van der Waals surface area contributed by atoms with E-state index in [4.69, 9.17) is 23.7 Å². The van der Waals surface area contributed by atoms with Crippen molar-refractivity contribution in [1.29, 1.82) is 0 Å². The molecule has 0 saturated carbocycles. The molecule has 1 aromatic carbocycles. The van der Waals surface area contributed by atoms with Crippen LogP contribution in [0.25, 0.3) is 5.57 Å². The van der Waals surface area contributed by atoms with Crippen molar-refractivity contribution in [2.45, 2.75) is 50.0 Å². The zero-order valence-corrected chi connectivity index (χ0v) is 26.2. The summed E-state index contributed by atoms with van der Waals surface area (Å²) >= 11 is 0. The molecule has 1 aliphatic carbocycles. The maximum absolute atomic E-state index is 17.2. The number of aromatic nitrogens is 2. The van der Waals surface area contributed by atoms with Crippen molar-refractivity contribution in [3.63, 3.8) is 0 Å². The summed E-state index contributed by atoms with van der Waals surface area (Å²) < 4.78 is 46.4. The lowest BCUT2D eigenvalue weighted by molar-refractivity contribution is -0.142. The first-order valence-electron chi connectivity index (χ1n) is 15.4. The molecule has 2 aliphatic heterocycles. The summed E-state index contributed by atoms with van der Waals surface area (Å²) in [6, 6.07) is 8.72. The number of carbonyl (C=O) groups is 1. The molecular formula is C33H43FN4O7. The number of ether oxygens (including phenoxy) is 5. The van der Waals surface area contributed by atoms with E-state index in [2.05, 4.69) is 14.9 Å². The zero-order valence-electron chi connectivity index (χ0n) is 26.2.